The molecule has 0 bridgehead atoms. The number of piperidine rings is 1. The van der Waals surface area contributed by atoms with Gasteiger partial charge in [0.05, 0.1) is 10.6 Å². The van der Waals surface area contributed by atoms with Crippen LogP contribution < -0.4 is 0 Å². The van der Waals surface area contributed by atoms with E-state index in [1.54, 1.807) is 11.3 Å². The second-order valence-corrected chi connectivity index (χ2v) is 9.11. The molecule has 146 valence electrons. The number of aromatic nitrogens is 1. The molecule has 0 saturated carbocycles. The Hall–Kier alpha value is -1.66. The molecule has 0 aromatic carbocycles. The van der Waals surface area contributed by atoms with Crippen LogP contribution in [-0.2, 0) is 11.3 Å². The fourth-order valence-corrected chi connectivity index (χ4v) is 5.06. The lowest BCUT2D eigenvalue weighted by atomic mass is 9.98. The van der Waals surface area contributed by atoms with E-state index in [1.165, 1.54) is 24.1 Å². The molecule has 0 unspecified atom stereocenters. The van der Waals surface area contributed by atoms with Crippen molar-refractivity contribution >= 4 is 17.2 Å². The lowest BCUT2D eigenvalue weighted by Crippen LogP contribution is -2.41. The molecule has 6 heteroatoms. The maximum atomic E-state index is 11.9. The summed E-state index contributed by atoms with van der Waals surface area (Å²) in [6.45, 7) is 7.92. The van der Waals surface area contributed by atoms with E-state index >= 15 is 0 Å². The van der Waals surface area contributed by atoms with E-state index in [1.807, 2.05) is 11.8 Å². The van der Waals surface area contributed by atoms with Crippen LogP contribution in [0.1, 0.15) is 54.9 Å². The number of amides is 1. The molecule has 0 radical (unpaired) electrons. The van der Waals surface area contributed by atoms with Gasteiger partial charge in [0.2, 0.25) is 11.8 Å². The maximum Gasteiger partial charge on any atom is 0.236 e. The number of thiophene rings is 1. The molecule has 1 atom stereocenters. The van der Waals surface area contributed by atoms with Crippen LogP contribution >= 0.6 is 11.3 Å². The summed E-state index contributed by atoms with van der Waals surface area (Å²) < 4.78 is 5.97. The Morgan fingerprint density at radius 2 is 2.11 bits per heavy atom. The minimum Gasteiger partial charge on any atom is -0.440 e. The Labute approximate surface area is 165 Å². The van der Waals surface area contributed by atoms with Crippen molar-refractivity contribution in [3.8, 4) is 10.8 Å². The van der Waals surface area contributed by atoms with Crippen molar-refractivity contribution in [3.05, 3.63) is 28.5 Å². The van der Waals surface area contributed by atoms with Crippen LogP contribution in [0.2, 0.25) is 0 Å². The van der Waals surface area contributed by atoms with Gasteiger partial charge < -0.3 is 9.32 Å². The minimum absolute atomic E-state index is 0.334. The fraction of sp³-hybridized carbons (Fsp3) is 0.619. The maximum absolute atomic E-state index is 11.9. The summed E-state index contributed by atoms with van der Waals surface area (Å²) in [6, 6.07) is 4.74. The lowest BCUT2D eigenvalue weighted by Gasteiger charge is -2.36. The molecule has 27 heavy (non-hydrogen) atoms. The van der Waals surface area contributed by atoms with Crippen molar-refractivity contribution in [2.75, 3.05) is 19.6 Å². The molecule has 2 aliphatic heterocycles. The Morgan fingerprint density at radius 1 is 1.22 bits per heavy atom. The van der Waals surface area contributed by atoms with Crippen LogP contribution in [0.4, 0.5) is 0 Å². The Morgan fingerprint density at radius 3 is 2.85 bits per heavy atom. The number of aryl methyl sites for hydroxylation is 2. The third-order valence-electron chi connectivity index (χ3n) is 5.85. The van der Waals surface area contributed by atoms with Crippen LogP contribution in [0.5, 0.6) is 0 Å². The van der Waals surface area contributed by atoms with Gasteiger partial charge in [-0.05, 0) is 58.2 Å². The Bertz CT molecular complexity index is 797. The molecule has 2 saturated heterocycles. The summed E-state index contributed by atoms with van der Waals surface area (Å²) in [6.07, 6.45) is 6.57. The molecule has 4 heterocycles. The standard InChI is InChI=1S/C21H29N3O2S/c1-15-8-9-19(27-15)21-22-18(16(2)26-21)14-24-11-4-3-6-17(24)10-13-23-12-5-7-20(23)25/h8-9,17H,3-7,10-14H2,1-2H3/t17-/m1/s1. The van der Waals surface area contributed by atoms with Gasteiger partial charge in [-0.2, -0.15) is 0 Å². The highest BCUT2D eigenvalue weighted by atomic mass is 32.1. The van der Waals surface area contributed by atoms with Gasteiger partial charge in [-0.1, -0.05) is 6.42 Å². The summed E-state index contributed by atoms with van der Waals surface area (Å²) in [7, 11) is 0. The molecule has 1 amide bonds. The SMILES string of the molecule is Cc1ccc(-c2nc(CN3CCCC[C@@H]3CCN3CCCC3=O)c(C)o2)s1. The van der Waals surface area contributed by atoms with E-state index in [-0.39, 0.29) is 0 Å². The Balaban J connectivity index is 1.42. The number of hydrogen-bond acceptors (Lipinski definition) is 5. The monoisotopic (exact) mass is 387 g/mol. The average Bonchev–Trinajstić information content (AvgIpc) is 3.36. The van der Waals surface area contributed by atoms with Crippen molar-refractivity contribution in [1.29, 1.82) is 0 Å². The molecule has 0 spiro atoms. The summed E-state index contributed by atoms with van der Waals surface area (Å²) in [5, 5.41) is 0. The van der Waals surface area contributed by atoms with Crippen molar-refractivity contribution in [1.82, 2.24) is 14.8 Å². The molecule has 2 aromatic heterocycles. The van der Waals surface area contributed by atoms with Gasteiger partial charge in [0, 0.05) is 37.0 Å². The third-order valence-corrected chi connectivity index (χ3v) is 6.84. The molecule has 0 aliphatic carbocycles. The molecule has 2 aromatic rings. The first-order valence-electron chi connectivity index (χ1n) is 10.1. The summed E-state index contributed by atoms with van der Waals surface area (Å²) in [5.41, 5.74) is 1.06. The number of rotatable bonds is 6. The Kier molecular flexibility index (Phi) is 5.64. The van der Waals surface area contributed by atoms with Gasteiger partial charge in [-0.15, -0.1) is 11.3 Å². The number of nitrogens with zero attached hydrogens (tertiary/aromatic N) is 3. The van der Waals surface area contributed by atoms with Crippen molar-refractivity contribution in [3.63, 3.8) is 0 Å². The zero-order chi connectivity index (χ0) is 18.8. The molecule has 0 N–H and O–H groups in total. The second-order valence-electron chi connectivity index (χ2n) is 7.83. The number of oxazole rings is 1. The van der Waals surface area contributed by atoms with Crippen LogP contribution in [0.15, 0.2) is 16.5 Å². The van der Waals surface area contributed by atoms with E-state index in [0.717, 1.165) is 67.7 Å². The highest BCUT2D eigenvalue weighted by Gasteiger charge is 2.27. The number of carbonyl (C=O) groups is 1. The van der Waals surface area contributed by atoms with Crippen LogP contribution in [0, 0.1) is 13.8 Å². The zero-order valence-corrected chi connectivity index (χ0v) is 17.2. The van der Waals surface area contributed by atoms with Gasteiger partial charge in [-0.3, -0.25) is 9.69 Å². The van der Waals surface area contributed by atoms with Gasteiger partial charge in [0.25, 0.3) is 0 Å². The highest BCUT2D eigenvalue weighted by Crippen LogP contribution is 2.30. The van der Waals surface area contributed by atoms with Gasteiger partial charge in [0.1, 0.15) is 5.76 Å². The third kappa shape index (κ3) is 4.27. The van der Waals surface area contributed by atoms with Crippen LogP contribution in [-0.4, -0.2) is 46.4 Å². The van der Waals surface area contributed by atoms with Gasteiger partial charge >= 0.3 is 0 Å². The lowest BCUT2D eigenvalue weighted by molar-refractivity contribution is -0.127. The van der Waals surface area contributed by atoms with E-state index < -0.39 is 0 Å². The fourth-order valence-electron chi connectivity index (χ4n) is 4.26. The quantitative estimate of drug-likeness (QED) is 0.738. The van der Waals surface area contributed by atoms with Crippen LogP contribution in [0.3, 0.4) is 0 Å². The number of likely N-dealkylation sites (tertiary alicyclic amines) is 2. The van der Waals surface area contributed by atoms with Gasteiger partial charge in [0.15, 0.2) is 0 Å². The molecule has 5 nitrogen and oxygen atoms in total. The summed E-state index contributed by atoms with van der Waals surface area (Å²) in [5.74, 6) is 2.01. The van der Waals surface area contributed by atoms with Crippen molar-refractivity contribution in [2.24, 2.45) is 0 Å². The predicted octanol–water partition coefficient (Wildman–Crippen LogP) is 4.39. The molecular formula is C21H29N3O2S. The predicted molar refractivity (Wildman–Crippen MR) is 108 cm³/mol. The number of hydrogen-bond donors (Lipinski definition) is 0. The molecule has 2 aliphatic rings. The minimum atomic E-state index is 0.334. The molecule has 4 rings (SSSR count). The number of carbonyl (C=O) groups excluding carboxylic acids is 1. The topological polar surface area (TPSA) is 49.6 Å². The summed E-state index contributed by atoms with van der Waals surface area (Å²) in [4.78, 5) is 23.7. The highest BCUT2D eigenvalue weighted by molar-refractivity contribution is 7.15. The van der Waals surface area contributed by atoms with E-state index in [0.29, 0.717) is 11.9 Å². The largest absolute Gasteiger partial charge is 0.440 e. The zero-order valence-electron chi connectivity index (χ0n) is 16.4. The smallest absolute Gasteiger partial charge is 0.236 e. The first kappa shape index (κ1) is 18.7. The van der Waals surface area contributed by atoms with Gasteiger partial charge in [-0.25, -0.2) is 4.98 Å². The van der Waals surface area contributed by atoms with E-state index in [4.69, 9.17) is 9.40 Å². The normalized spacial score (nSPS) is 21.3. The van der Waals surface area contributed by atoms with Crippen LogP contribution in [0.25, 0.3) is 10.8 Å². The van der Waals surface area contributed by atoms with Crippen molar-refractivity contribution < 1.29 is 9.21 Å². The van der Waals surface area contributed by atoms with Crippen molar-refractivity contribution in [2.45, 2.75) is 65.0 Å². The first-order valence-corrected chi connectivity index (χ1v) is 11.0. The summed E-state index contributed by atoms with van der Waals surface area (Å²) >= 11 is 1.72. The second kappa shape index (κ2) is 8.15. The molecule has 2 fully saturated rings. The van der Waals surface area contributed by atoms with E-state index in [2.05, 4.69) is 24.0 Å². The first-order chi connectivity index (χ1) is 13.1. The molecular weight excluding hydrogens is 358 g/mol. The van der Waals surface area contributed by atoms with E-state index in [9.17, 15) is 4.79 Å². The average molecular weight is 388 g/mol.